The van der Waals surface area contributed by atoms with Crippen LogP contribution in [0.4, 0.5) is 0 Å². The summed E-state index contributed by atoms with van der Waals surface area (Å²) < 4.78 is 27.4. The first kappa shape index (κ1) is 21.9. The van der Waals surface area contributed by atoms with Crippen LogP contribution in [-0.4, -0.2) is 49.3 Å². The number of benzene rings is 1. The molecule has 0 aromatic heterocycles. The summed E-state index contributed by atoms with van der Waals surface area (Å²) in [6.45, 7) is 3.73. The van der Waals surface area contributed by atoms with E-state index in [2.05, 4.69) is 12.2 Å². The van der Waals surface area contributed by atoms with Crippen LogP contribution >= 0.6 is 23.4 Å². The molecule has 0 atom stereocenters. The van der Waals surface area contributed by atoms with Crippen molar-refractivity contribution in [2.45, 2.75) is 55.6 Å². The quantitative estimate of drug-likeness (QED) is 0.641. The van der Waals surface area contributed by atoms with Crippen molar-refractivity contribution in [1.29, 1.82) is 0 Å². The highest BCUT2D eigenvalue weighted by molar-refractivity contribution is 7.99. The molecule has 1 aliphatic carbocycles. The Hall–Kier alpha value is -0.760. The third kappa shape index (κ3) is 5.43. The fraction of sp³-hybridized carbons (Fsp3) is 0.650. The molecule has 8 heteroatoms. The summed E-state index contributed by atoms with van der Waals surface area (Å²) in [5.74, 6) is 1.08. The first-order chi connectivity index (χ1) is 13.4. The van der Waals surface area contributed by atoms with Crippen molar-refractivity contribution in [1.82, 2.24) is 9.62 Å². The minimum Gasteiger partial charge on any atom is -0.351 e. The molecule has 0 bridgehead atoms. The van der Waals surface area contributed by atoms with Crippen molar-refractivity contribution < 1.29 is 13.2 Å². The number of nitrogens with one attached hydrogen (secondary N) is 1. The Kier molecular flexibility index (Phi) is 7.70. The topological polar surface area (TPSA) is 66.5 Å². The fourth-order valence-corrected chi connectivity index (χ4v) is 6.67. The maximum absolute atomic E-state index is 12.9. The van der Waals surface area contributed by atoms with E-state index in [1.54, 1.807) is 0 Å². The van der Waals surface area contributed by atoms with E-state index in [-0.39, 0.29) is 21.4 Å². The van der Waals surface area contributed by atoms with E-state index in [1.165, 1.54) is 48.2 Å². The number of carbonyl (C=O) groups is 1. The predicted molar refractivity (Wildman–Crippen MR) is 116 cm³/mol. The number of hydrogen-bond acceptors (Lipinski definition) is 4. The van der Waals surface area contributed by atoms with Gasteiger partial charge in [0.05, 0.1) is 15.5 Å². The number of thioether (sulfide) groups is 1. The highest BCUT2D eigenvalue weighted by Gasteiger charge is 2.29. The van der Waals surface area contributed by atoms with Crippen LogP contribution in [0, 0.1) is 5.92 Å². The Labute approximate surface area is 177 Å². The molecule has 0 radical (unpaired) electrons. The van der Waals surface area contributed by atoms with Crippen molar-refractivity contribution in [2.24, 2.45) is 5.92 Å². The zero-order chi connectivity index (χ0) is 20.1. The van der Waals surface area contributed by atoms with Gasteiger partial charge in [0.15, 0.2) is 0 Å². The lowest BCUT2D eigenvalue weighted by atomic mass is 10.0. The fourth-order valence-electron chi connectivity index (χ4n) is 3.75. The lowest BCUT2D eigenvalue weighted by Crippen LogP contribution is -2.38. The van der Waals surface area contributed by atoms with Gasteiger partial charge in [0, 0.05) is 30.6 Å². The van der Waals surface area contributed by atoms with Gasteiger partial charge in [-0.3, -0.25) is 4.79 Å². The van der Waals surface area contributed by atoms with Crippen LogP contribution in [-0.2, 0) is 10.0 Å². The predicted octanol–water partition coefficient (Wildman–Crippen LogP) is 4.17. The maximum atomic E-state index is 12.9. The lowest BCUT2D eigenvalue weighted by molar-refractivity contribution is 0.0956. The van der Waals surface area contributed by atoms with E-state index in [0.717, 1.165) is 18.6 Å². The number of carbonyl (C=O) groups excluding carboxylic acids is 1. The van der Waals surface area contributed by atoms with Crippen molar-refractivity contribution in [3.8, 4) is 0 Å². The van der Waals surface area contributed by atoms with Crippen LogP contribution in [0.25, 0.3) is 0 Å². The van der Waals surface area contributed by atoms with E-state index in [4.69, 9.17) is 11.6 Å². The van der Waals surface area contributed by atoms with E-state index < -0.39 is 10.0 Å². The molecular weight excluding hydrogens is 416 g/mol. The summed E-state index contributed by atoms with van der Waals surface area (Å²) in [7, 11) is -3.60. The van der Waals surface area contributed by atoms with Gasteiger partial charge in [0.25, 0.3) is 5.91 Å². The second-order valence-electron chi connectivity index (χ2n) is 7.76. The van der Waals surface area contributed by atoms with Crippen LogP contribution in [0.5, 0.6) is 0 Å². The summed E-state index contributed by atoms with van der Waals surface area (Å²) in [6, 6.07) is 4.40. The third-order valence-electron chi connectivity index (χ3n) is 5.61. The van der Waals surface area contributed by atoms with Crippen molar-refractivity contribution >= 4 is 39.3 Å². The van der Waals surface area contributed by atoms with Crippen LogP contribution in [0.1, 0.15) is 55.8 Å². The van der Waals surface area contributed by atoms with E-state index in [1.807, 2.05) is 11.8 Å². The van der Waals surface area contributed by atoms with Gasteiger partial charge in [-0.25, -0.2) is 8.42 Å². The summed E-state index contributed by atoms with van der Waals surface area (Å²) in [5.41, 5.74) is 0.221. The number of piperidine rings is 1. The Bertz CT molecular complexity index is 787. The van der Waals surface area contributed by atoms with Gasteiger partial charge in [0.2, 0.25) is 10.0 Å². The summed E-state index contributed by atoms with van der Waals surface area (Å²) in [6.07, 6.45) is 6.85. The minimum absolute atomic E-state index is 0.136. The second kappa shape index (κ2) is 9.83. The Morgan fingerprint density at radius 1 is 1.21 bits per heavy atom. The van der Waals surface area contributed by atoms with E-state index in [0.29, 0.717) is 30.8 Å². The average Bonchev–Trinajstić information content (AvgIpc) is 3.19. The van der Waals surface area contributed by atoms with Gasteiger partial charge >= 0.3 is 0 Å². The number of halogens is 1. The molecule has 156 valence electrons. The molecule has 2 aliphatic rings. The van der Waals surface area contributed by atoms with Crippen LogP contribution in [0.3, 0.4) is 0 Å². The maximum Gasteiger partial charge on any atom is 0.252 e. The zero-order valence-corrected chi connectivity index (χ0v) is 18.7. The summed E-state index contributed by atoms with van der Waals surface area (Å²) in [4.78, 5) is 12.7. The Morgan fingerprint density at radius 3 is 2.57 bits per heavy atom. The number of amides is 1. The molecule has 1 aromatic carbocycles. The van der Waals surface area contributed by atoms with Gasteiger partial charge in [-0.05, 0) is 49.8 Å². The highest BCUT2D eigenvalue weighted by Crippen LogP contribution is 2.29. The monoisotopic (exact) mass is 444 g/mol. The second-order valence-corrected chi connectivity index (χ2v) is 11.5. The number of hydrogen-bond donors (Lipinski definition) is 1. The molecule has 1 aromatic rings. The van der Waals surface area contributed by atoms with E-state index >= 15 is 0 Å². The van der Waals surface area contributed by atoms with Gasteiger partial charge in [-0.15, -0.1) is 0 Å². The van der Waals surface area contributed by atoms with Crippen molar-refractivity contribution in [2.75, 3.05) is 25.4 Å². The Morgan fingerprint density at radius 2 is 1.89 bits per heavy atom. The molecule has 2 fully saturated rings. The molecule has 28 heavy (non-hydrogen) atoms. The molecule has 0 spiro atoms. The van der Waals surface area contributed by atoms with Gasteiger partial charge in [-0.2, -0.15) is 16.1 Å². The Balaban J connectivity index is 1.62. The molecule has 1 aliphatic heterocycles. The van der Waals surface area contributed by atoms with Crippen LogP contribution in [0.2, 0.25) is 5.02 Å². The first-order valence-electron chi connectivity index (χ1n) is 10.1. The number of rotatable bonds is 7. The summed E-state index contributed by atoms with van der Waals surface area (Å²) in [5, 5.41) is 3.86. The SMILES string of the molecule is CC1CCN(S(=O)(=O)c2ccc(Cl)c(C(=O)NCCSC3CCCC3)c2)CC1. The smallest absolute Gasteiger partial charge is 0.252 e. The van der Waals surface area contributed by atoms with Gasteiger partial charge in [-0.1, -0.05) is 31.4 Å². The minimum atomic E-state index is -3.60. The largest absolute Gasteiger partial charge is 0.351 e. The van der Waals surface area contributed by atoms with Crippen LogP contribution < -0.4 is 5.32 Å². The van der Waals surface area contributed by atoms with Gasteiger partial charge < -0.3 is 5.32 Å². The molecule has 5 nitrogen and oxygen atoms in total. The summed E-state index contributed by atoms with van der Waals surface area (Å²) >= 11 is 8.09. The molecular formula is C20H29ClN2O3S2. The normalized spacial score (nSPS) is 19.8. The first-order valence-corrected chi connectivity index (χ1v) is 12.9. The number of nitrogens with zero attached hydrogens (tertiary/aromatic N) is 1. The van der Waals surface area contributed by atoms with E-state index in [9.17, 15) is 13.2 Å². The van der Waals surface area contributed by atoms with Gasteiger partial charge in [0.1, 0.15) is 0 Å². The zero-order valence-electron chi connectivity index (χ0n) is 16.3. The highest BCUT2D eigenvalue weighted by atomic mass is 35.5. The molecule has 3 rings (SSSR count). The molecule has 0 unspecified atom stereocenters. The number of sulfonamides is 1. The molecule has 1 saturated carbocycles. The third-order valence-corrected chi connectivity index (χ3v) is 9.21. The molecule has 1 heterocycles. The van der Waals surface area contributed by atoms with Crippen LogP contribution in [0.15, 0.2) is 23.1 Å². The molecule has 1 amide bonds. The van der Waals surface area contributed by atoms with Crippen molar-refractivity contribution in [3.63, 3.8) is 0 Å². The van der Waals surface area contributed by atoms with Crippen molar-refractivity contribution in [3.05, 3.63) is 28.8 Å². The lowest BCUT2D eigenvalue weighted by Gasteiger charge is -2.29. The average molecular weight is 445 g/mol. The standard InChI is InChI=1S/C20H29ClN2O3S2/c1-15-8-11-23(12-9-15)28(25,26)17-6-7-19(21)18(14-17)20(24)22-10-13-27-16-4-2-3-5-16/h6-7,14-16H,2-5,8-13H2,1H3,(H,22,24). The molecule has 1 saturated heterocycles. The molecule has 1 N–H and O–H groups in total.